The van der Waals surface area contributed by atoms with Gasteiger partial charge in [0.25, 0.3) is 11.8 Å². The van der Waals surface area contributed by atoms with Gasteiger partial charge in [0.15, 0.2) is 5.11 Å². The smallest absolute Gasteiger partial charge is 0.266 e. The number of hydrogen-bond donors (Lipinski definition) is 1. The van der Waals surface area contributed by atoms with E-state index in [-0.39, 0.29) is 29.7 Å². The summed E-state index contributed by atoms with van der Waals surface area (Å²) in [6.45, 7) is 1.90. The molecule has 174 valence electrons. The molecule has 0 spiro atoms. The quantitative estimate of drug-likeness (QED) is 0.347. The van der Waals surface area contributed by atoms with Crippen LogP contribution in [0.25, 0.3) is 17.0 Å². The highest BCUT2D eigenvalue weighted by atomic mass is 32.1. The van der Waals surface area contributed by atoms with Crippen molar-refractivity contribution in [3.8, 4) is 0 Å². The van der Waals surface area contributed by atoms with E-state index in [2.05, 4.69) is 5.32 Å². The summed E-state index contributed by atoms with van der Waals surface area (Å²) in [7, 11) is 0. The number of carbonyl (C=O) groups excluding carboxylic acids is 3. The molecule has 2 aromatic heterocycles. The number of rotatable bonds is 5. The third kappa shape index (κ3) is 4.26. The first-order chi connectivity index (χ1) is 16.5. The normalized spacial score (nSPS) is 18.1. The van der Waals surface area contributed by atoms with Gasteiger partial charge in [-0.15, -0.1) is 0 Å². The topological polar surface area (TPSA) is 87.8 Å². The number of thiocarbonyl (C=S) groups is 1. The fourth-order valence-corrected chi connectivity index (χ4v) is 4.70. The zero-order valence-electron chi connectivity index (χ0n) is 18.5. The molecule has 4 heterocycles. The van der Waals surface area contributed by atoms with E-state index >= 15 is 0 Å². The van der Waals surface area contributed by atoms with Crippen LogP contribution in [0, 0.1) is 0 Å². The van der Waals surface area contributed by atoms with Crippen molar-refractivity contribution in [2.75, 3.05) is 13.1 Å². The zero-order chi connectivity index (χ0) is 23.7. The second-order valence-electron chi connectivity index (χ2n) is 8.46. The average molecular weight is 477 g/mol. The van der Waals surface area contributed by atoms with Gasteiger partial charge in [-0.2, -0.15) is 0 Å². The van der Waals surface area contributed by atoms with Crippen LogP contribution in [0.15, 0.2) is 58.8 Å². The molecule has 5 rings (SSSR count). The third-order valence-corrected chi connectivity index (χ3v) is 6.54. The Morgan fingerprint density at radius 1 is 1.09 bits per heavy atom. The van der Waals surface area contributed by atoms with Gasteiger partial charge in [0.2, 0.25) is 5.91 Å². The van der Waals surface area contributed by atoms with Crippen molar-refractivity contribution < 1.29 is 18.8 Å². The van der Waals surface area contributed by atoms with Gasteiger partial charge in [-0.25, -0.2) is 0 Å². The summed E-state index contributed by atoms with van der Waals surface area (Å²) in [4.78, 5) is 42.0. The number of amides is 3. The molecule has 2 aliphatic rings. The third-order valence-electron chi connectivity index (χ3n) is 6.21. The van der Waals surface area contributed by atoms with Crippen molar-refractivity contribution in [2.24, 2.45) is 0 Å². The standard InChI is InChI=1S/C25H24N4O4S/c30-22(27-10-4-1-5-11-27)16-28-14-17(19-8-2-3-9-21(19)28)13-20-23(31)26-25(34)29(24(20)32)15-18-7-6-12-33-18/h2-3,6-9,12-14H,1,4-5,10-11,15-16H2,(H,26,31,34)/b20-13+. The molecule has 8 nitrogen and oxygen atoms in total. The van der Waals surface area contributed by atoms with Crippen LogP contribution in [0.1, 0.15) is 30.6 Å². The Bertz CT molecular complexity index is 1300. The number of nitrogens with one attached hydrogen (secondary N) is 1. The number of carbonyl (C=O) groups is 3. The van der Waals surface area contributed by atoms with E-state index in [1.165, 1.54) is 11.2 Å². The van der Waals surface area contributed by atoms with E-state index in [9.17, 15) is 14.4 Å². The van der Waals surface area contributed by atoms with Gasteiger partial charge < -0.3 is 13.9 Å². The Labute approximate surface area is 201 Å². The van der Waals surface area contributed by atoms with Crippen molar-refractivity contribution in [1.82, 2.24) is 19.7 Å². The number of nitrogens with zero attached hydrogens (tertiary/aromatic N) is 3. The average Bonchev–Trinajstić information content (AvgIpc) is 3.48. The van der Waals surface area contributed by atoms with Gasteiger partial charge in [0.1, 0.15) is 17.9 Å². The second kappa shape index (κ2) is 9.26. The van der Waals surface area contributed by atoms with E-state index in [0.29, 0.717) is 11.3 Å². The van der Waals surface area contributed by atoms with Gasteiger partial charge in [0.05, 0.1) is 12.8 Å². The highest BCUT2D eigenvalue weighted by molar-refractivity contribution is 7.80. The molecular weight excluding hydrogens is 452 g/mol. The maximum absolute atomic E-state index is 13.2. The number of piperidine rings is 1. The second-order valence-corrected chi connectivity index (χ2v) is 8.85. The molecule has 2 fully saturated rings. The monoisotopic (exact) mass is 476 g/mol. The predicted molar refractivity (Wildman–Crippen MR) is 130 cm³/mol. The summed E-state index contributed by atoms with van der Waals surface area (Å²) >= 11 is 5.22. The lowest BCUT2D eigenvalue weighted by Crippen LogP contribution is -2.53. The molecule has 2 saturated heterocycles. The van der Waals surface area contributed by atoms with Gasteiger partial charge in [0, 0.05) is 35.8 Å². The number of para-hydroxylation sites is 1. The van der Waals surface area contributed by atoms with Gasteiger partial charge in [-0.3, -0.25) is 24.6 Å². The van der Waals surface area contributed by atoms with E-state index in [1.54, 1.807) is 18.2 Å². The Morgan fingerprint density at radius 3 is 2.65 bits per heavy atom. The molecule has 9 heteroatoms. The van der Waals surface area contributed by atoms with Crippen LogP contribution in [-0.4, -0.2) is 50.3 Å². The van der Waals surface area contributed by atoms with Crippen LogP contribution in [0.5, 0.6) is 0 Å². The minimum absolute atomic E-state index is 0.0228. The zero-order valence-corrected chi connectivity index (χ0v) is 19.3. The molecule has 1 N–H and O–H groups in total. The van der Waals surface area contributed by atoms with Crippen molar-refractivity contribution in [3.63, 3.8) is 0 Å². The number of hydrogen-bond acceptors (Lipinski definition) is 5. The lowest BCUT2D eigenvalue weighted by molar-refractivity contribution is -0.133. The van der Waals surface area contributed by atoms with Gasteiger partial charge in [-0.05, 0) is 55.8 Å². The molecule has 0 atom stereocenters. The maximum Gasteiger partial charge on any atom is 0.266 e. The van der Waals surface area contributed by atoms with E-state index in [1.807, 2.05) is 39.9 Å². The molecule has 0 saturated carbocycles. The van der Waals surface area contributed by atoms with Crippen LogP contribution < -0.4 is 5.32 Å². The molecule has 1 aromatic carbocycles. The number of aromatic nitrogens is 1. The molecule has 0 radical (unpaired) electrons. The number of furan rings is 1. The summed E-state index contributed by atoms with van der Waals surface area (Å²) in [5.41, 5.74) is 1.53. The van der Waals surface area contributed by atoms with Crippen LogP contribution >= 0.6 is 12.2 Å². The fraction of sp³-hybridized carbons (Fsp3) is 0.280. The van der Waals surface area contributed by atoms with Gasteiger partial charge in [-0.1, -0.05) is 18.2 Å². The highest BCUT2D eigenvalue weighted by Crippen LogP contribution is 2.26. The van der Waals surface area contributed by atoms with Crippen LogP contribution in [-0.2, 0) is 27.5 Å². The number of fused-ring (bicyclic) bond motifs is 1. The summed E-state index contributed by atoms with van der Waals surface area (Å²) < 4.78 is 7.22. The molecule has 2 aliphatic heterocycles. The van der Waals surface area contributed by atoms with Crippen molar-refractivity contribution in [3.05, 3.63) is 65.8 Å². The van der Waals surface area contributed by atoms with Gasteiger partial charge >= 0.3 is 0 Å². The van der Waals surface area contributed by atoms with Crippen molar-refractivity contribution in [2.45, 2.75) is 32.4 Å². The first kappa shape index (κ1) is 22.1. The molecule has 34 heavy (non-hydrogen) atoms. The molecule has 0 aliphatic carbocycles. The van der Waals surface area contributed by atoms with E-state index in [0.717, 1.165) is 43.3 Å². The highest BCUT2D eigenvalue weighted by Gasteiger charge is 2.34. The lowest BCUT2D eigenvalue weighted by Gasteiger charge is -2.28. The first-order valence-electron chi connectivity index (χ1n) is 11.3. The predicted octanol–water partition coefficient (Wildman–Crippen LogP) is 3.07. The van der Waals surface area contributed by atoms with Crippen molar-refractivity contribution >= 4 is 52.0 Å². The Balaban J connectivity index is 1.46. The molecular formula is C25H24N4O4S. The van der Waals surface area contributed by atoms with Crippen molar-refractivity contribution in [1.29, 1.82) is 0 Å². The number of likely N-dealkylation sites (tertiary alicyclic amines) is 1. The minimum atomic E-state index is -0.549. The molecule has 3 aromatic rings. The molecule has 3 amide bonds. The Morgan fingerprint density at radius 2 is 1.88 bits per heavy atom. The summed E-state index contributed by atoms with van der Waals surface area (Å²) in [5.74, 6) is -0.418. The fourth-order valence-electron chi connectivity index (χ4n) is 4.46. The molecule has 0 unspecified atom stereocenters. The largest absolute Gasteiger partial charge is 0.467 e. The minimum Gasteiger partial charge on any atom is -0.467 e. The number of benzene rings is 1. The van der Waals surface area contributed by atoms with Crippen LogP contribution in [0.2, 0.25) is 0 Å². The van der Waals surface area contributed by atoms with E-state index in [4.69, 9.17) is 16.6 Å². The SMILES string of the molecule is O=C1NC(=S)N(Cc2ccco2)C(=O)/C1=C/c1cn(CC(=O)N2CCCCC2)c2ccccc12. The lowest BCUT2D eigenvalue weighted by atomic mass is 10.1. The van der Waals surface area contributed by atoms with Crippen LogP contribution in [0.4, 0.5) is 0 Å². The van der Waals surface area contributed by atoms with Crippen LogP contribution in [0.3, 0.4) is 0 Å². The summed E-state index contributed by atoms with van der Waals surface area (Å²) in [5, 5.41) is 3.49. The van der Waals surface area contributed by atoms with E-state index < -0.39 is 11.8 Å². The Hall–Kier alpha value is -3.72. The summed E-state index contributed by atoms with van der Waals surface area (Å²) in [6.07, 6.45) is 8.13. The first-order valence-corrected chi connectivity index (χ1v) is 11.7. The Kier molecular flexibility index (Phi) is 6.02. The summed E-state index contributed by atoms with van der Waals surface area (Å²) in [6, 6.07) is 11.1. The maximum atomic E-state index is 13.2. The molecule has 0 bridgehead atoms.